The predicted molar refractivity (Wildman–Crippen MR) is 80.1 cm³/mol. The minimum Gasteiger partial charge on any atom is -0.443 e. The van der Waals surface area contributed by atoms with Crippen molar-refractivity contribution < 1.29 is 14.0 Å². The van der Waals surface area contributed by atoms with E-state index in [0.29, 0.717) is 28.8 Å². The number of amides is 2. The number of benzene rings is 2. The number of hydrogen-bond donors (Lipinski definition) is 2. The van der Waals surface area contributed by atoms with Crippen LogP contribution in [0.15, 0.2) is 53.3 Å². The lowest BCUT2D eigenvalue weighted by Crippen LogP contribution is -2.22. The van der Waals surface area contributed by atoms with E-state index in [4.69, 9.17) is 10.2 Å². The molecule has 6 nitrogen and oxygen atoms in total. The van der Waals surface area contributed by atoms with Crippen LogP contribution in [0.4, 0.5) is 0 Å². The van der Waals surface area contributed by atoms with Crippen LogP contribution in [0.2, 0.25) is 0 Å². The summed E-state index contributed by atoms with van der Waals surface area (Å²) in [6.45, 7) is 0.356. The molecule has 0 atom stereocenters. The summed E-state index contributed by atoms with van der Waals surface area (Å²) in [5.74, 6) is -0.680. The SMILES string of the molecule is NC(=O)c1ccc(CNC(=O)c2ccc3ocnc3c2)cc1. The van der Waals surface area contributed by atoms with Gasteiger partial charge in [-0.15, -0.1) is 0 Å². The van der Waals surface area contributed by atoms with Crippen molar-refractivity contribution in [2.45, 2.75) is 6.54 Å². The van der Waals surface area contributed by atoms with Crippen molar-refractivity contribution in [1.29, 1.82) is 0 Å². The van der Waals surface area contributed by atoms with Crippen LogP contribution in [-0.4, -0.2) is 16.8 Å². The number of carbonyl (C=O) groups excluding carboxylic acids is 2. The van der Waals surface area contributed by atoms with Crippen molar-refractivity contribution in [1.82, 2.24) is 10.3 Å². The van der Waals surface area contributed by atoms with Crippen LogP contribution in [0.3, 0.4) is 0 Å². The monoisotopic (exact) mass is 295 g/mol. The Morgan fingerprint density at radius 1 is 1.09 bits per heavy atom. The lowest BCUT2D eigenvalue weighted by molar-refractivity contribution is 0.0949. The number of rotatable bonds is 4. The highest BCUT2D eigenvalue weighted by Crippen LogP contribution is 2.14. The average Bonchev–Trinajstić information content (AvgIpc) is 3.00. The number of nitrogens with two attached hydrogens (primary N) is 1. The minimum absolute atomic E-state index is 0.205. The van der Waals surface area contributed by atoms with Gasteiger partial charge < -0.3 is 15.5 Å². The molecule has 22 heavy (non-hydrogen) atoms. The van der Waals surface area contributed by atoms with Crippen molar-refractivity contribution in [3.05, 3.63) is 65.5 Å². The fourth-order valence-corrected chi connectivity index (χ4v) is 2.07. The maximum absolute atomic E-state index is 12.1. The first-order chi connectivity index (χ1) is 10.6. The normalized spacial score (nSPS) is 10.5. The van der Waals surface area contributed by atoms with Crippen LogP contribution in [0.25, 0.3) is 11.1 Å². The first-order valence-electron chi connectivity index (χ1n) is 6.64. The maximum Gasteiger partial charge on any atom is 0.251 e. The second-order valence-electron chi connectivity index (χ2n) is 4.78. The third kappa shape index (κ3) is 2.80. The number of nitrogens with one attached hydrogen (secondary N) is 1. The number of carbonyl (C=O) groups is 2. The largest absolute Gasteiger partial charge is 0.443 e. The topological polar surface area (TPSA) is 98.2 Å². The van der Waals surface area contributed by atoms with Crippen LogP contribution in [-0.2, 0) is 6.54 Å². The average molecular weight is 295 g/mol. The number of fused-ring (bicyclic) bond motifs is 1. The second kappa shape index (κ2) is 5.69. The van der Waals surface area contributed by atoms with Crippen molar-refractivity contribution in [3.8, 4) is 0 Å². The number of hydrogen-bond acceptors (Lipinski definition) is 4. The van der Waals surface area contributed by atoms with Gasteiger partial charge in [0.2, 0.25) is 5.91 Å². The van der Waals surface area contributed by atoms with Crippen LogP contribution in [0.5, 0.6) is 0 Å². The molecule has 0 saturated heterocycles. The molecule has 3 rings (SSSR count). The van der Waals surface area contributed by atoms with E-state index in [0.717, 1.165) is 5.56 Å². The van der Waals surface area contributed by atoms with Gasteiger partial charge in [-0.2, -0.15) is 0 Å². The Kier molecular flexibility index (Phi) is 3.57. The molecule has 3 N–H and O–H groups in total. The molecule has 0 aliphatic carbocycles. The molecule has 0 bridgehead atoms. The molecule has 0 aliphatic rings. The summed E-state index contributed by atoms with van der Waals surface area (Å²) in [5.41, 5.74) is 8.27. The number of aromatic nitrogens is 1. The van der Waals surface area contributed by atoms with Gasteiger partial charge in [-0.3, -0.25) is 9.59 Å². The van der Waals surface area contributed by atoms with Gasteiger partial charge in [0.25, 0.3) is 5.91 Å². The zero-order valence-corrected chi connectivity index (χ0v) is 11.6. The van der Waals surface area contributed by atoms with E-state index in [1.54, 1.807) is 42.5 Å². The molecular formula is C16H13N3O3. The Morgan fingerprint density at radius 2 is 1.82 bits per heavy atom. The van der Waals surface area contributed by atoms with E-state index in [-0.39, 0.29) is 5.91 Å². The molecule has 0 unspecified atom stereocenters. The Bertz CT molecular complexity index is 837. The Hall–Kier alpha value is -3.15. The molecule has 110 valence electrons. The van der Waals surface area contributed by atoms with Crippen LogP contribution in [0, 0.1) is 0 Å². The van der Waals surface area contributed by atoms with Crippen LogP contribution < -0.4 is 11.1 Å². The van der Waals surface area contributed by atoms with E-state index in [1.165, 1.54) is 6.39 Å². The summed E-state index contributed by atoms with van der Waals surface area (Å²) in [6.07, 6.45) is 1.34. The van der Waals surface area contributed by atoms with Gasteiger partial charge in [-0.25, -0.2) is 4.98 Å². The van der Waals surface area contributed by atoms with E-state index in [1.807, 2.05) is 0 Å². The summed E-state index contributed by atoms with van der Waals surface area (Å²) >= 11 is 0. The fourth-order valence-electron chi connectivity index (χ4n) is 2.07. The first kappa shape index (κ1) is 13.8. The van der Waals surface area contributed by atoms with Gasteiger partial charge in [-0.05, 0) is 35.9 Å². The molecule has 1 aromatic heterocycles. The molecule has 2 aromatic carbocycles. The van der Waals surface area contributed by atoms with Crippen molar-refractivity contribution in [2.75, 3.05) is 0 Å². The van der Waals surface area contributed by atoms with E-state index >= 15 is 0 Å². The highest BCUT2D eigenvalue weighted by atomic mass is 16.3. The summed E-state index contributed by atoms with van der Waals surface area (Å²) in [5, 5.41) is 2.81. The van der Waals surface area contributed by atoms with Crippen molar-refractivity contribution >= 4 is 22.9 Å². The van der Waals surface area contributed by atoms with E-state index in [9.17, 15) is 9.59 Å². The number of primary amides is 1. The molecule has 0 spiro atoms. The zero-order chi connectivity index (χ0) is 15.5. The van der Waals surface area contributed by atoms with Gasteiger partial charge in [0.15, 0.2) is 12.0 Å². The standard InChI is InChI=1S/C16H13N3O3/c17-15(20)11-3-1-10(2-4-11)8-18-16(21)12-5-6-14-13(7-12)19-9-22-14/h1-7,9H,8H2,(H2,17,20)(H,18,21). The molecule has 0 radical (unpaired) electrons. The van der Waals surface area contributed by atoms with Gasteiger partial charge in [0.05, 0.1) is 0 Å². The number of nitrogens with zero attached hydrogens (tertiary/aromatic N) is 1. The molecule has 0 fully saturated rings. The molecule has 0 aliphatic heterocycles. The smallest absolute Gasteiger partial charge is 0.251 e. The minimum atomic E-state index is -0.475. The van der Waals surface area contributed by atoms with E-state index < -0.39 is 5.91 Å². The fraction of sp³-hybridized carbons (Fsp3) is 0.0625. The quantitative estimate of drug-likeness (QED) is 0.767. The molecule has 0 saturated carbocycles. The third-order valence-electron chi connectivity index (χ3n) is 3.28. The van der Waals surface area contributed by atoms with Gasteiger partial charge in [0.1, 0.15) is 5.52 Å². The summed E-state index contributed by atoms with van der Waals surface area (Å²) in [4.78, 5) is 27.1. The van der Waals surface area contributed by atoms with Gasteiger partial charge in [-0.1, -0.05) is 12.1 Å². The summed E-state index contributed by atoms with van der Waals surface area (Å²) < 4.78 is 5.13. The second-order valence-corrected chi connectivity index (χ2v) is 4.78. The molecule has 6 heteroatoms. The Labute approximate surface area is 125 Å². The van der Waals surface area contributed by atoms with Gasteiger partial charge in [0, 0.05) is 17.7 Å². The molecule has 3 aromatic rings. The van der Waals surface area contributed by atoms with Crippen LogP contribution >= 0.6 is 0 Å². The number of oxazole rings is 1. The predicted octanol–water partition coefficient (Wildman–Crippen LogP) is 1.86. The Balaban J connectivity index is 1.67. The molecule has 1 heterocycles. The third-order valence-corrected chi connectivity index (χ3v) is 3.28. The lowest BCUT2D eigenvalue weighted by atomic mass is 10.1. The molecule has 2 amide bonds. The highest BCUT2D eigenvalue weighted by Gasteiger charge is 2.08. The van der Waals surface area contributed by atoms with Crippen molar-refractivity contribution in [3.63, 3.8) is 0 Å². The zero-order valence-electron chi connectivity index (χ0n) is 11.6. The van der Waals surface area contributed by atoms with Gasteiger partial charge >= 0.3 is 0 Å². The van der Waals surface area contributed by atoms with E-state index in [2.05, 4.69) is 10.3 Å². The highest BCUT2D eigenvalue weighted by molar-refractivity contribution is 5.97. The summed E-state index contributed by atoms with van der Waals surface area (Å²) in [7, 11) is 0. The van der Waals surface area contributed by atoms with Crippen molar-refractivity contribution in [2.24, 2.45) is 5.73 Å². The summed E-state index contributed by atoms with van der Waals surface area (Å²) in [6, 6.07) is 11.8. The molecular weight excluding hydrogens is 282 g/mol. The Morgan fingerprint density at radius 3 is 2.55 bits per heavy atom. The maximum atomic E-state index is 12.1. The van der Waals surface area contributed by atoms with Crippen LogP contribution in [0.1, 0.15) is 26.3 Å². The first-order valence-corrected chi connectivity index (χ1v) is 6.64. The lowest BCUT2D eigenvalue weighted by Gasteiger charge is -2.06.